The average Bonchev–Trinajstić information content (AvgIpc) is 2.29. The molecule has 0 heterocycles. The zero-order valence-corrected chi connectivity index (χ0v) is 10.2. The molecule has 0 radical (unpaired) electrons. The van der Waals surface area contributed by atoms with Gasteiger partial charge in [0.2, 0.25) is 17.5 Å². The molecule has 0 spiro atoms. The molecule has 0 atom stereocenters. The van der Waals surface area contributed by atoms with E-state index < -0.39 is 11.6 Å². The molecule has 1 aliphatic carbocycles. The maximum Gasteiger partial charge on any atom is 0.224 e. The summed E-state index contributed by atoms with van der Waals surface area (Å²) in [7, 11) is 0. The molecular weight excluding hydrogens is 253 g/mol. The van der Waals surface area contributed by atoms with E-state index in [2.05, 4.69) is 5.32 Å². The summed E-state index contributed by atoms with van der Waals surface area (Å²) in [5, 5.41) is 1.68. The molecule has 0 saturated heterocycles. The average molecular weight is 262 g/mol. The van der Waals surface area contributed by atoms with E-state index in [1.807, 2.05) is 0 Å². The van der Waals surface area contributed by atoms with Crippen molar-refractivity contribution in [1.82, 2.24) is 5.32 Å². The van der Waals surface area contributed by atoms with Gasteiger partial charge < -0.3 is 5.32 Å². The molecule has 16 heavy (non-hydrogen) atoms. The zero-order valence-electron chi connectivity index (χ0n) is 8.69. The second-order valence-corrected chi connectivity index (χ2v) is 3.94. The number of nitrogens with one attached hydrogen (secondary N) is 1. The van der Waals surface area contributed by atoms with Gasteiger partial charge in [0.15, 0.2) is 0 Å². The predicted molar refractivity (Wildman–Crippen MR) is 59.9 cm³/mol. The van der Waals surface area contributed by atoms with Crippen LogP contribution in [-0.2, 0) is 14.4 Å². The SMILES string of the molecule is CCC(=O)NC1=C(C)C(=O)C(Cl)=C(Cl)C1=O. The fraction of sp³-hybridized carbons (Fsp3) is 0.300. The molecule has 0 saturated carbocycles. The number of amides is 1. The number of rotatable bonds is 2. The smallest absolute Gasteiger partial charge is 0.224 e. The van der Waals surface area contributed by atoms with Crippen LogP contribution in [0.4, 0.5) is 0 Å². The second kappa shape index (κ2) is 4.80. The Hall–Kier alpha value is -1.13. The van der Waals surface area contributed by atoms with E-state index in [-0.39, 0.29) is 33.7 Å². The van der Waals surface area contributed by atoms with Gasteiger partial charge in [-0.05, 0) is 6.92 Å². The summed E-state index contributed by atoms with van der Waals surface area (Å²) in [5.41, 5.74) is 0.00690. The van der Waals surface area contributed by atoms with Crippen molar-refractivity contribution in [1.29, 1.82) is 0 Å². The Bertz CT molecular complexity index is 449. The van der Waals surface area contributed by atoms with Crippen LogP contribution in [0.25, 0.3) is 0 Å². The summed E-state index contributed by atoms with van der Waals surface area (Å²) in [6.45, 7) is 3.04. The van der Waals surface area contributed by atoms with Crippen molar-refractivity contribution in [2.45, 2.75) is 20.3 Å². The van der Waals surface area contributed by atoms with Gasteiger partial charge in [0.1, 0.15) is 10.1 Å². The van der Waals surface area contributed by atoms with Crippen molar-refractivity contribution in [3.05, 3.63) is 21.3 Å². The Labute approximate surface area is 102 Å². The third-order valence-corrected chi connectivity index (χ3v) is 2.94. The lowest BCUT2D eigenvalue weighted by atomic mass is 10.0. The Balaban J connectivity index is 3.14. The molecule has 1 rings (SSSR count). The largest absolute Gasteiger partial charge is 0.322 e. The van der Waals surface area contributed by atoms with Crippen molar-refractivity contribution in [3.8, 4) is 0 Å². The topological polar surface area (TPSA) is 63.2 Å². The number of Topliss-reactive ketones (excluding diaryl/α,β-unsaturated/α-hetero) is 2. The number of carbonyl (C=O) groups is 3. The van der Waals surface area contributed by atoms with Crippen LogP contribution in [0.1, 0.15) is 20.3 Å². The van der Waals surface area contributed by atoms with E-state index in [1.54, 1.807) is 6.92 Å². The number of allylic oxidation sites excluding steroid dienone is 3. The molecule has 6 heteroatoms. The molecule has 0 aromatic rings. The second-order valence-electron chi connectivity index (χ2n) is 3.19. The van der Waals surface area contributed by atoms with E-state index in [4.69, 9.17) is 23.2 Å². The van der Waals surface area contributed by atoms with Crippen LogP contribution in [0.15, 0.2) is 21.3 Å². The van der Waals surface area contributed by atoms with Gasteiger partial charge in [-0.15, -0.1) is 0 Å². The first-order chi connectivity index (χ1) is 7.40. The normalized spacial score (nSPS) is 17.0. The van der Waals surface area contributed by atoms with Gasteiger partial charge in [0.25, 0.3) is 0 Å². The predicted octanol–water partition coefficient (Wildman–Crippen LogP) is 1.63. The lowest BCUT2D eigenvalue weighted by Gasteiger charge is -2.16. The van der Waals surface area contributed by atoms with E-state index in [0.717, 1.165) is 0 Å². The highest BCUT2D eigenvalue weighted by Crippen LogP contribution is 2.27. The molecule has 1 amide bonds. The van der Waals surface area contributed by atoms with Crippen molar-refractivity contribution in [3.63, 3.8) is 0 Å². The summed E-state index contributed by atoms with van der Waals surface area (Å²) >= 11 is 11.2. The molecule has 4 nitrogen and oxygen atoms in total. The van der Waals surface area contributed by atoms with Crippen LogP contribution in [-0.4, -0.2) is 17.5 Å². The summed E-state index contributed by atoms with van der Waals surface area (Å²) in [4.78, 5) is 34.3. The van der Waals surface area contributed by atoms with Crippen molar-refractivity contribution in [2.24, 2.45) is 0 Å². The molecule has 0 fully saturated rings. The molecule has 1 aliphatic rings. The lowest BCUT2D eigenvalue weighted by molar-refractivity contribution is -0.122. The zero-order chi connectivity index (χ0) is 12.5. The first-order valence-electron chi connectivity index (χ1n) is 4.55. The van der Waals surface area contributed by atoms with E-state index >= 15 is 0 Å². The standard InChI is InChI=1S/C10H9Cl2NO3/c1-3-5(14)13-8-4(2)9(15)6(11)7(12)10(8)16/h3H2,1-2H3,(H,13,14). The molecule has 86 valence electrons. The van der Waals surface area contributed by atoms with Gasteiger partial charge in [0, 0.05) is 12.0 Å². The highest BCUT2D eigenvalue weighted by Gasteiger charge is 2.31. The fourth-order valence-corrected chi connectivity index (χ4v) is 1.54. The molecule has 0 unspecified atom stereocenters. The minimum atomic E-state index is -0.634. The molecule has 0 aromatic heterocycles. The molecule has 1 N–H and O–H groups in total. The summed E-state index contributed by atoms with van der Waals surface area (Å²) in [5.74, 6) is -1.54. The Morgan fingerprint density at radius 2 is 1.69 bits per heavy atom. The van der Waals surface area contributed by atoms with Gasteiger partial charge in [-0.3, -0.25) is 14.4 Å². The third kappa shape index (κ3) is 2.18. The van der Waals surface area contributed by atoms with Gasteiger partial charge in [-0.1, -0.05) is 30.1 Å². The summed E-state index contributed by atoms with van der Waals surface area (Å²) < 4.78 is 0. The number of ketones is 2. The fourth-order valence-electron chi connectivity index (χ4n) is 1.14. The molecular formula is C10H9Cl2NO3. The Kier molecular flexibility index (Phi) is 3.88. The monoisotopic (exact) mass is 261 g/mol. The van der Waals surface area contributed by atoms with Crippen molar-refractivity contribution < 1.29 is 14.4 Å². The highest BCUT2D eigenvalue weighted by atomic mass is 35.5. The first-order valence-corrected chi connectivity index (χ1v) is 5.31. The van der Waals surface area contributed by atoms with Crippen LogP contribution >= 0.6 is 23.2 Å². The molecule has 0 aliphatic heterocycles. The van der Waals surface area contributed by atoms with E-state index in [1.165, 1.54) is 6.92 Å². The number of carbonyl (C=O) groups excluding carboxylic acids is 3. The van der Waals surface area contributed by atoms with Crippen molar-refractivity contribution in [2.75, 3.05) is 0 Å². The Morgan fingerprint density at radius 3 is 2.19 bits per heavy atom. The van der Waals surface area contributed by atoms with Gasteiger partial charge in [-0.25, -0.2) is 0 Å². The van der Waals surface area contributed by atoms with Crippen molar-refractivity contribution >= 4 is 40.7 Å². The maximum atomic E-state index is 11.6. The van der Waals surface area contributed by atoms with E-state index in [9.17, 15) is 14.4 Å². The van der Waals surface area contributed by atoms with Crippen LogP contribution in [0.5, 0.6) is 0 Å². The molecule has 0 bridgehead atoms. The maximum absolute atomic E-state index is 11.6. The van der Waals surface area contributed by atoms with Crippen LogP contribution < -0.4 is 5.32 Å². The van der Waals surface area contributed by atoms with Crippen LogP contribution in [0.3, 0.4) is 0 Å². The lowest BCUT2D eigenvalue weighted by Crippen LogP contribution is -2.32. The summed E-state index contributed by atoms with van der Waals surface area (Å²) in [6.07, 6.45) is 0.202. The van der Waals surface area contributed by atoms with Gasteiger partial charge in [-0.2, -0.15) is 0 Å². The minimum Gasteiger partial charge on any atom is -0.322 e. The highest BCUT2D eigenvalue weighted by molar-refractivity contribution is 6.58. The quantitative estimate of drug-likeness (QED) is 0.769. The minimum absolute atomic E-state index is 0.0914. The molecule has 0 aromatic carbocycles. The number of hydrogen-bond donors (Lipinski definition) is 1. The van der Waals surface area contributed by atoms with Crippen LogP contribution in [0, 0.1) is 0 Å². The van der Waals surface area contributed by atoms with Gasteiger partial charge >= 0.3 is 0 Å². The third-order valence-electron chi connectivity index (χ3n) is 2.12. The van der Waals surface area contributed by atoms with E-state index in [0.29, 0.717) is 0 Å². The number of hydrogen-bond acceptors (Lipinski definition) is 3. The van der Waals surface area contributed by atoms with Gasteiger partial charge in [0.05, 0.1) is 5.70 Å². The van der Waals surface area contributed by atoms with Crippen LogP contribution in [0.2, 0.25) is 0 Å². The first kappa shape index (κ1) is 12.9. The number of halogens is 2. The summed E-state index contributed by atoms with van der Waals surface area (Å²) in [6, 6.07) is 0. The Morgan fingerprint density at radius 1 is 1.19 bits per heavy atom.